The molecule has 1 aliphatic rings. The number of hydrogen-bond donors (Lipinski definition) is 0. The summed E-state index contributed by atoms with van der Waals surface area (Å²) in [6.45, 7) is 5.04. The number of ketones is 1. The Bertz CT molecular complexity index is 366. The highest BCUT2D eigenvalue weighted by molar-refractivity contribution is 5.84. The predicted octanol–water partition coefficient (Wildman–Crippen LogP) is 2.73. The highest BCUT2D eigenvalue weighted by Gasteiger charge is 2.20. The van der Waals surface area contributed by atoms with Crippen LogP contribution in [-0.2, 0) is 11.2 Å². The van der Waals surface area contributed by atoms with Crippen LogP contribution in [0.3, 0.4) is 0 Å². The lowest BCUT2D eigenvalue weighted by Gasteiger charge is -2.31. The molecule has 1 saturated heterocycles. The minimum absolute atomic E-state index is 0.220. The summed E-state index contributed by atoms with van der Waals surface area (Å²) in [4.78, 5) is 13.5. The Kier molecular flexibility index (Phi) is 4.94. The maximum Gasteiger partial charge on any atom is 0.133 e. The summed E-state index contributed by atoms with van der Waals surface area (Å²) in [6, 6.07) is 10.6. The molecule has 0 aliphatic carbocycles. The van der Waals surface area contributed by atoms with Crippen LogP contribution in [-0.4, -0.2) is 30.3 Å². The number of hydrogen-bond acceptors (Lipinski definition) is 2. The van der Waals surface area contributed by atoms with Crippen LogP contribution in [0.2, 0.25) is 0 Å². The molecule has 0 aromatic heterocycles. The minimum atomic E-state index is 0.220. The largest absolute Gasteiger partial charge is 0.303 e. The van der Waals surface area contributed by atoms with Gasteiger partial charge in [-0.05, 0) is 50.8 Å². The van der Waals surface area contributed by atoms with Gasteiger partial charge in [-0.25, -0.2) is 0 Å². The van der Waals surface area contributed by atoms with Crippen molar-refractivity contribution < 1.29 is 4.79 Å². The summed E-state index contributed by atoms with van der Waals surface area (Å²) in [5.41, 5.74) is 1.41. The van der Waals surface area contributed by atoms with E-state index < -0.39 is 0 Å². The van der Waals surface area contributed by atoms with Gasteiger partial charge in [-0.2, -0.15) is 0 Å². The van der Waals surface area contributed by atoms with Crippen LogP contribution >= 0.6 is 0 Å². The molecule has 2 heteroatoms. The maximum absolute atomic E-state index is 11.0. The Morgan fingerprint density at radius 2 is 1.94 bits per heavy atom. The first-order valence-electron chi connectivity index (χ1n) is 6.86. The average molecular weight is 244 g/mol. The van der Waals surface area contributed by atoms with Crippen LogP contribution in [0.5, 0.6) is 0 Å². The third-order valence-corrected chi connectivity index (χ3v) is 3.66. The summed E-state index contributed by atoms with van der Waals surface area (Å²) < 4.78 is 0. The lowest BCUT2D eigenvalue weighted by Crippen LogP contribution is -2.35. The van der Waals surface area contributed by atoms with E-state index >= 15 is 0 Å². The lowest BCUT2D eigenvalue weighted by molar-refractivity contribution is -0.114. The summed E-state index contributed by atoms with van der Waals surface area (Å²) in [5, 5.41) is 0. The van der Waals surface area contributed by atoms with E-state index in [-0.39, 0.29) is 5.78 Å². The van der Waals surface area contributed by atoms with Crippen molar-refractivity contribution in [3.63, 3.8) is 0 Å². The quantitative estimate of drug-likeness (QED) is 0.794. The van der Waals surface area contributed by atoms with Crippen LogP contribution in [0, 0.1) is 12.3 Å². The van der Waals surface area contributed by atoms with Crippen molar-refractivity contribution in [1.82, 2.24) is 4.90 Å². The number of benzene rings is 1. The van der Waals surface area contributed by atoms with Crippen molar-refractivity contribution in [3.8, 4) is 0 Å². The third kappa shape index (κ3) is 4.26. The third-order valence-electron chi connectivity index (χ3n) is 3.66. The molecule has 0 atom stereocenters. The van der Waals surface area contributed by atoms with Crippen LogP contribution in [0.25, 0.3) is 0 Å². The topological polar surface area (TPSA) is 20.3 Å². The number of likely N-dealkylation sites (tertiary alicyclic amines) is 1. The number of carbonyl (C=O) groups is 1. The molecule has 1 heterocycles. The molecule has 97 valence electrons. The molecule has 1 aliphatic heterocycles. The SMILES string of the molecule is CC(=O)[CH]C1CCN(CCc2ccccc2)CC1. The molecular formula is C16H22NO. The molecule has 0 amide bonds. The van der Waals surface area contributed by atoms with Crippen molar-refractivity contribution in [2.24, 2.45) is 5.92 Å². The van der Waals surface area contributed by atoms with Crippen LogP contribution in [0.1, 0.15) is 25.3 Å². The van der Waals surface area contributed by atoms with Gasteiger partial charge in [-0.15, -0.1) is 0 Å². The Hall–Kier alpha value is -1.15. The zero-order valence-corrected chi connectivity index (χ0v) is 11.1. The minimum Gasteiger partial charge on any atom is -0.303 e. The van der Waals surface area contributed by atoms with Gasteiger partial charge in [0.2, 0.25) is 0 Å². The first-order chi connectivity index (χ1) is 8.74. The molecular weight excluding hydrogens is 222 g/mol. The fourth-order valence-corrected chi connectivity index (χ4v) is 2.61. The van der Waals surface area contributed by atoms with Crippen molar-refractivity contribution in [3.05, 3.63) is 42.3 Å². The van der Waals surface area contributed by atoms with Gasteiger partial charge in [0.1, 0.15) is 5.78 Å². The Morgan fingerprint density at radius 3 is 2.56 bits per heavy atom. The maximum atomic E-state index is 11.0. The highest BCUT2D eigenvalue weighted by atomic mass is 16.1. The molecule has 1 radical (unpaired) electrons. The molecule has 1 aromatic carbocycles. The van der Waals surface area contributed by atoms with Crippen LogP contribution < -0.4 is 0 Å². The molecule has 2 rings (SSSR count). The normalized spacial score (nSPS) is 17.8. The first-order valence-corrected chi connectivity index (χ1v) is 6.86. The molecule has 1 fully saturated rings. The van der Waals surface area contributed by atoms with E-state index in [9.17, 15) is 4.79 Å². The Labute approximate surface area is 110 Å². The van der Waals surface area contributed by atoms with E-state index in [2.05, 4.69) is 35.2 Å². The van der Waals surface area contributed by atoms with Gasteiger partial charge in [0, 0.05) is 13.0 Å². The van der Waals surface area contributed by atoms with Gasteiger partial charge in [0.25, 0.3) is 0 Å². The molecule has 18 heavy (non-hydrogen) atoms. The van der Waals surface area contributed by atoms with E-state index in [4.69, 9.17) is 0 Å². The zero-order chi connectivity index (χ0) is 12.8. The second-order valence-electron chi connectivity index (χ2n) is 5.19. The molecule has 1 aromatic rings. The number of piperidine rings is 1. The highest BCUT2D eigenvalue weighted by Crippen LogP contribution is 2.20. The lowest BCUT2D eigenvalue weighted by atomic mass is 9.92. The van der Waals surface area contributed by atoms with Crippen LogP contribution in [0.4, 0.5) is 0 Å². The molecule has 0 unspecified atom stereocenters. The smallest absolute Gasteiger partial charge is 0.133 e. The van der Waals surface area contributed by atoms with Crippen molar-refractivity contribution in [2.45, 2.75) is 26.2 Å². The van der Waals surface area contributed by atoms with E-state index in [0.29, 0.717) is 5.92 Å². The monoisotopic (exact) mass is 244 g/mol. The number of rotatable bonds is 5. The predicted molar refractivity (Wildman–Crippen MR) is 74.3 cm³/mol. The van der Waals surface area contributed by atoms with Gasteiger partial charge >= 0.3 is 0 Å². The van der Waals surface area contributed by atoms with Gasteiger partial charge in [0.05, 0.1) is 0 Å². The molecule has 2 nitrogen and oxygen atoms in total. The van der Waals surface area contributed by atoms with Crippen LogP contribution in [0.15, 0.2) is 30.3 Å². The van der Waals surface area contributed by atoms with Crippen molar-refractivity contribution in [1.29, 1.82) is 0 Å². The standard InChI is InChI=1S/C16H22NO/c1-14(18)13-16-8-11-17(12-9-16)10-7-15-5-3-2-4-6-15/h2-6,13,16H,7-12H2,1H3. The molecule has 0 spiro atoms. The Morgan fingerprint density at radius 1 is 1.28 bits per heavy atom. The fourth-order valence-electron chi connectivity index (χ4n) is 2.61. The first kappa shape index (κ1) is 13.3. The summed E-state index contributed by atoms with van der Waals surface area (Å²) in [5.74, 6) is 0.730. The second kappa shape index (κ2) is 6.69. The van der Waals surface area contributed by atoms with E-state index in [1.54, 1.807) is 6.92 Å². The number of carbonyl (C=O) groups excluding carboxylic acids is 1. The van der Waals surface area contributed by atoms with Gasteiger partial charge in [0.15, 0.2) is 0 Å². The summed E-state index contributed by atoms with van der Waals surface area (Å²) in [7, 11) is 0. The van der Waals surface area contributed by atoms with E-state index in [1.165, 1.54) is 5.56 Å². The number of nitrogens with zero attached hydrogens (tertiary/aromatic N) is 1. The summed E-state index contributed by atoms with van der Waals surface area (Å²) in [6.07, 6.45) is 5.29. The van der Waals surface area contributed by atoms with Crippen molar-refractivity contribution in [2.75, 3.05) is 19.6 Å². The van der Waals surface area contributed by atoms with Crippen molar-refractivity contribution >= 4 is 5.78 Å². The fraction of sp³-hybridized carbons (Fsp3) is 0.500. The summed E-state index contributed by atoms with van der Waals surface area (Å²) >= 11 is 0. The van der Waals surface area contributed by atoms with E-state index in [1.807, 2.05) is 6.42 Å². The molecule has 0 N–H and O–H groups in total. The zero-order valence-electron chi connectivity index (χ0n) is 11.1. The molecule has 0 bridgehead atoms. The number of Topliss-reactive ketones (excluding diaryl/α,β-unsaturated/α-hetero) is 1. The average Bonchev–Trinajstić information content (AvgIpc) is 2.38. The van der Waals surface area contributed by atoms with E-state index in [0.717, 1.165) is 38.9 Å². The van der Waals surface area contributed by atoms with Gasteiger partial charge in [-0.1, -0.05) is 30.3 Å². The van der Waals surface area contributed by atoms with Gasteiger partial charge < -0.3 is 4.90 Å². The molecule has 0 saturated carbocycles. The van der Waals surface area contributed by atoms with Gasteiger partial charge in [-0.3, -0.25) is 4.79 Å². The second-order valence-corrected chi connectivity index (χ2v) is 5.19. The Balaban J connectivity index is 1.69.